The highest BCUT2D eigenvalue weighted by molar-refractivity contribution is 5.95. The molecule has 124 valence electrons. The Kier molecular flexibility index (Phi) is 6.14. The third-order valence-corrected chi connectivity index (χ3v) is 3.92. The second-order valence-corrected chi connectivity index (χ2v) is 5.69. The maximum absolute atomic E-state index is 12.0. The molecule has 0 aromatic heterocycles. The van der Waals surface area contributed by atoms with Gasteiger partial charge in [-0.25, -0.2) is 0 Å². The Morgan fingerprint density at radius 1 is 1.09 bits per heavy atom. The average Bonchev–Trinajstić information content (AvgIpc) is 3.07. The summed E-state index contributed by atoms with van der Waals surface area (Å²) in [5.74, 6) is -0.466. The summed E-state index contributed by atoms with van der Waals surface area (Å²) in [6.07, 6.45) is 2.22. The molecule has 0 unspecified atom stereocenters. The molecule has 0 saturated carbocycles. The highest BCUT2D eigenvalue weighted by Crippen LogP contribution is 2.07. The first-order valence-electron chi connectivity index (χ1n) is 7.96. The first-order chi connectivity index (χ1) is 11.1. The van der Waals surface area contributed by atoms with Crippen LogP contribution in [0.25, 0.3) is 0 Å². The van der Waals surface area contributed by atoms with Crippen molar-refractivity contribution >= 4 is 17.7 Å². The Balaban J connectivity index is 1.65. The SMILES string of the molecule is Cc1ccccc1C(=O)NCCC(=O)NCC(=O)N1CCCC1. The van der Waals surface area contributed by atoms with E-state index >= 15 is 0 Å². The molecule has 1 aromatic carbocycles. The van der Waals surface area contributed by atoms with Gasteiger partial charge in [-0.1, -0.05) is 18.2 Å². The van der Waals surface area contributed by atoms with Crippen molar-refractivity contribution in [3.8, 4) is 0 Å². The number of hydrogen-bond acceptors (Lipinski definition) is 3. The van der Waals surface area contributed by atoms with E-state index in [9.17, 15) is 14.4 Å². The third kappa shape index (κ3) is 5.09. The number of carbonyl (C=O) groups excluding carboxylic acids is 3. The van der Waals surface area contributed by atoms with Gasteiger partial charge in [0.2, 0.25) is 11.8 Å². The van der Waals surface area contributed by atoms with E-state index in [1.54, 1.807) is 17.0 Å². The Bertz CT molecular complexity index is 580. The van der Waals surface area contributed by atoms with Crippen LogP contribution in [0, 0.1) is 6.92 Å². The van der Waals surface area contributed by atoms with Gasteiger partial charge in [0.05, 0.1) is 6.54 Å². The molecule has 1 aliphatic heterocycles. The van der Waals surface area contributed by atoms with Crippen LogP contribution in [-0.4, -0.2) is 48.8 Å². The number of amides is 3. The van der Waals surface area contributed by atoms with Gasteiger partial charge in [0.25, 0.3) is 5.91 Å². The molecule has 0 radical (unpaired) electrons. The summed E-state index contributed by atoms with van der Waals surface area (Å²) in [5.41, 5.74) is 1.50. The largest absolute Gasteiger partial charge is 0.352 e. The van der Waals surface area contributed by atoms with E-state index in [-0.39, 0.29) is 37.2 Å². The molecule has 0 atom stereocenters. The normalized spacial score (nSPS) is 13.7. The molecule has 1 fully saturated rings. The van der Waals surface area contributed by atoms with E-state index in [0.29, 0.717) is 5.56 Å². The van der Waals surface area contributed by atoms with Crippen LogP contribution >= 0.6 is 0 Å². The number of benzene rings is 1. The number of aryl methyl sites for hydroxylation is 1. The van der Waals surface area contributed by atoms with Crippen molar-refractivity contribution in [2.24, 2.45) is 0 Å². The summed E-state index contributed by atoms with van der Waals surface area (Å²) in [5, 5.41) is 5.32. The lowest BCUT2D eigenvalue weighted by Crippen LogP contribution is -2.39. The van der Waals surface area contributed by atoms with Gasteiger partial charge in [0.15, 0.2) is 0 Å². The minimum absolute atomic E-state index is 0.0323. The van der Waals surface area contributed by atoms with Gasteiger partial charge in [-0.2, -0.15) is 0 Å². The summed E-state index contributed by atoms with van der Waals surface area (Å²) in [7, 11) is 0. The molecular weight excluding hydrogens is 294 g/mol. The van der Waals surface area contributed by atoms with Gasteiger partial charge < -0.3 is 15.5 Å². The molecule has 0 spiro atoms. The molecule has 1 aromatic rings. The molecule has 0 bridgehead atoms. The van der Waals surface area contributed by atoms with Crippen molar-refractivity contribution in [3.63, 3.8) is 0 Å². The minimum Gasteiger partial charge on any atom is -0.352 e. The van der Waals surface area contributed by atoms with Crippen LogP contribution in [0.2, 0.25) is 0 Å². The first kappa shape index (κ1) is 17.0. The van der Waals surface area contributed by atoms with Gasteiger partial charge >= 0.3 is 0 Å². The Hall–Kier alpha value is -2.37. The zero-order chi connectivity index (χ0) is 16.7. The van der Waals surface area contributed by atoms with Gasteiger partial charge in [-0.3, -0.25) is 14.4 Å². The fraction of sp³-hybridized carbons (Fsp3) is 0.471. The van der Waals surface area contributed by atoms with E-state index in [1.165, 1.54) is 0 Å². The number of carbonyl (C=O) groups is 3. The predicted octanol–water partition coefficient (Wildman–Crippen LogP) is 0.854. The topological polar surface area (TPSA) is 78.5 Å². The van der Waals surface area contributed by atoms with Crippen LogP contribution in [0.4, 0.5) is 0 Å². The number of nitrogens with zero attached hydrogens (tertiary/aromatic N) is 1. The lowest BCUT2D eigenvalue weighted by atomic mass is 10.1. The molecular formula is C17H23N3O3. The predicted molar refractivity (Wildman–Crippen MR) is 87.0 cm³/mol. The molecule has 3 amide bonds. The molecule has 23 heavy (non-hydrogen) atoms. The van der Waals surface area contributed by atoms with Crippen molar-refractivity contribution < 1.29 is 14.4 Å². The molecule has 6 nitrogen and oxygen atoms in total. The standard InChI is InChI=1S/C17H23N3O3/c1-13-6-2-3-7-14(13)17(23)18-9-8-15(21)19-12-16(22)20-10-4-5-11-20/h2-3,6-7H,4-5,8-12H2,1H3,(H,18,23)(H,19,21). The summed E-state index contributed by atoms with van der Waals surface area (Å²) < 4.78 is 0. The van der Waals surface area contributed by atoms with Crippen molar-refractivity contribution in [1.82, 2.24) is 15.5 Å². The quantitative estimate of drug-likeness (QED) is 0.816. The summed E-state index contributed by atoms with van der Waals surface area (Å²) in [6, 6.07) is 7.29. The lowest BCUT2D eigenvalue weighted by Gasteiger charge is -2.15. The van der Waals surface area contributed by atoms with Crippen molar-refractivity contribution in [3.05, 3.63) is 35.4 Å². The lowest BCUT2D eigenvalue weighted by molar-refractivity contribution is -0.132. The molecule has 6 heteroatoms. The average molecular weight is 317 g/mol. The van der Waals surface area contributed by atoms with Crippen LogP contribution in [0.15, 0.2) is 24.3 Å². The molecule has 1 aliphatic rings. The number of rotatable bonds is 6. The second kappa shape index (κ2) is 8.31. The summed E-state index contributed by atoms with van der Waals surface area (Å²) in [6.45, 7) is 3.70. The number of likely N-dealkylation sites (tertiary alicyclic amines) is 1. The van der Waals surface area contributed by atoms with Crippen molar-refractivity contribution in [2.45, 2.75) is 26.2 Å². The Morgan fingerprint density at radius 3 is 2.48 bits per heavy atom. The van der Waals surface area contributed by atoms with Gasteiger partial charge in [-0.15, -0.1) is 0 Å². The summed E-state index contributed by atoms with van der Waals surface area (Å²) in [4.78, 5) is 37.3. The van der Waals surface area contributed by atoms with E-state index in [2.05, 4.69) is 10.6 Å². The smallest absolute Gasteiger partial charge is 0.251 e. The van der Waals surface area contributed by atoms with Crippen LogP contribution in [0.3, 0.4) is 0 Å². The number of nitrogens with one attached hydrogen (secondary N) is 2. The van der Waals surface area contributed by atoms with Crippen LogP contribution in [0.5, 0.6) is 0 Å². The maximum Gasteiger partial charge on any atom is 0.251 e. The molecule has 2 N–H and O–H groups in total. The van der Waals surface area contributed by atoms with Gasteiger partial charge in [-0.05, 0) is 31.4 Å². The first-order valence-corrected chi connectivity index (χ1v) is 7.96. The third-order valence-electron chi connectivity index (χ3n) is 3.92. The highest BCUT2D eigenvalue weighted by atomic mass is 16.2. The van der Waals surface area contributed by atoms with Gasteiger partial charge in [0, 0.05) is 31.6 Å². The van der Waals surface area contributed by atoms with Crippen molar-refractivity contribution in [1.29, 1.82) is 0 Å². The van der Waals surface area contributed by atoms with Crippen LogP contribution < -0.4 is 10.6 Å². The fourth-order valence-corrected chi connectivity index (χ4v) is 2.55. The zero-order valence-corrected chi connectivity index (χ0v) is 13.4. The molecule has 0 aliphatic carbocycles. The highest BCUT2D eigenvalue weighted by Gasteiger charge is 2.18. The van der Waals surface area contributed by atoms with Crippen LogP contribution in [0.1, 0.15) is 35.2 Å². The van der Waals surface area contributed by atoms with E-state index < -0.39 is 0 Å². The van der Waals surface area contributed by atoms with E-state index in [1.807, 2.05) is 19.1 Å². The Morgan fingerprint density at radius 2 is 1.78 bits per heavy atom. The number of hydrogen-bond donors (Lipinski definition) is 2. The van der Waals surface area contributed by atoms with Gasteiger partial charge in [0.1, 0.15) is 0 Å². The molecule has 1 heterocycles. The minimum atomic E-state index is -0.234. The van der Waals surface area contributed by atoms with E-state index in [0.717, 1.165) is 31.5 Å². The molecule has 2 rings (SSSR count). The Labute approximate surface area is 136 Å². The molecule has 1 saturated heterocycles. The van der Waals surface area contributed by atoms with Crippen LogP contribution in [-0.2, 0) is 9.59 Å². The second-order valence-electron chi connectivity index (χ2n) is 5.69. The maximum atomic E-state index is 12.0. The zero-order valence-electron chi connectivity index (χ0n) is 13.4. The summed E-state index contributed by atoms with van der Waals surface area (Å²) >= 11 is 0. The van der Waals surface area contributed by atoms with E-state index in [4.69, 9.17) is 0 Å². The van der Waals surface area contributed by atoms with Crippen molar-refractivity contribution in [2.75, 3.05) is 26.2 Å². The monoisotopic (exact) mass is 317 g/mol. The fourth-order valence-electron chi connectivity index (χ4n) is 2.55.